The first kappa shape index (κ1) is 23.8. The molecule has 0 spiro atoms. The number of carbonyl (C=O) groups is 3. The second-order valence-electron chi connectivity index (χ2n) is 9.83. The fourth-order valence-electron chi connectivity index (χ4n) is 5.05. The molecule has 2 unspecified atom stereocenters. The predicted molar refractivity (Wildman–Crippen MR) is 128 cm³/mol. The largest absolute Gasteiger partial charge is 0.481 e. The van der Waals surface area contributed by atoms with Crippen LogP contribution in [0.2, 0.25) is 0 Å². The zero-order valence-electron chi connectivity index (χ0n) is 19.8. The van der Waals surface area contributed by atoms with Crippen molar-refractivity contribution in [3.63, 3.8) is 0 Å². The number of amides is 2. The fourth-order valence-corrected chi connectivity index (χ4v) is 5.05. The van der Waals surface area contributed by atoms with E-state index in [0.29, 0.717) is 12.8 Å². The van der Waals surface area contributed by atoms with E-state index in [1.807, 2.05) is 38.1 Å². The Kier molecular flexibility index (Phi) is 6.64. The van der Waals surface area contributed by atoms with Crippen LogP contribution < -0.4 is 10.6 Å². The molecule has 0 saturated heterocycles. The number of aliphatic carboxylic acids is 1. The maximum atomic E-state index is 12.8. The Morgan fingerprint density at radius 2 is 1.56 bits per heavy atom. The van der Waals surface area contributed by atoms with Crippen LogP contribution >= 0.6 is 0 Å². The Morgan fingerprint density at radius 3 is 2.06 bits per heavy atom. The van der Waals surface area contributed by atoms with Crippen LogP contribution in [0.4, 0.5) is 4.79 Å². The lowest BCUT2D eigenvalue weighted by atomic mass is 9.89. The number of rotatable bonds is 9. The highest BCUT2D eigenvalue weighted by Gasteiger charge is 2.50. The molecule has 7 heteroatoms. The Labute approximate surface area is 199 Å². The monoisotopic (exact) mass is 464 g/mol. The van der Waals surface area contributed by atoms with Gasteiger partial charge >= 0.3 is 12.1 Å². The lowest BCUT2D eigenvalue weighted by molar-refractivity contribution is -0.144. The molecular weight excluding hydrogens is 432 g/mol. The second-order valence-corrected chi connectivity index (χ2v) is 9.83. The fraction of sp³-hybridized carbons (Fsp3) is 0.444. The molecule has 3 N–H and O–H groups in total. The number of ether oxygens (including phenoxy) is 1. The highest BCUT2D eigenvalue weighted by atomic mass is 16.5. The molecule has 2 aromatic rings. The number of carboxylic acids is 1. The van der Waals surface area contributed by atoms with E-state index in [0.717, 1.165) is 22.3 Å². The van der Waals surface area contributed by atoms with E-state index in [4.69, 9.17) is 4.74 Å². The molecule has 2 atom stereocenters. The molecule has 0 heterocycles. The smallest absolute Gasteiger partial charge is 0.407 e. The quantitative estimate of drug-likeness (QED) is 0.517. The van der Waals surface area contributed by atoms with E-state index in [-0.39, 0.29) is 30.9 Å². The highest BCUT2D eigenvalue weighted by molar-refractivity contribution is 5.87. The van der Waals surface area contributed by atoms with Gasteiger partial charge in [-0.25, -0.2) is 4.79 Å². The van der Waals surface area contributed by atoms with Crippen LogP contribution in [0.1, 0.15) is 50.7 Å². The van der Waals surface area contributed by atoms with Crippen molar-refractivity contribution in [1.82, 2.24) is 10.6 Å². The first-order chi connectivity index (χ1) is 16.2. The molecule has 1 fully saturated rings. The third-order valence-corrected chi connectivity index (χ3v) is 7.15. The summed E-state index contributed by atoms with van der Waals surface area (Å²) in [7, 11) is 0. The Hall–Kier alpha value is -3.35. The summed E-state index contributed by atoms with van der Waals surface area (Å²) in [6.45, 7) is 5.75. The van der Waals surface area contributed by atoms with Crippen LogP contribution in [0, 0.1) is 17.3 Å². The first-order valence-electron chi connectivity index (χ1n) is 11.9. The molecule has 34 heavy (non-hydrogen) atoms. The van der Waals surface area contributed by atoms with E-state index >= 15 is 0 Å². The van der Waals surface area contributed by atoms with Crippen LogP contribution in [0.3, 0.4) is 0 Å². The van der Waals surface area contributed by atoms with Gasteiger partial charge in [-0.05, 0) is 47.9 Å². The molecule has 0 radical (unpaired) electrons. The van der Waals surface area contributed by atoms with Gasteiger partial charge in [0.25, 0.3) is 0 Å². The maximum absolute atomic E-state index is 12.8. The van der Waals surface area contributed by atoms with Crippen molar-refractivity contribution >= 4 is 18.0 Å². The average Bonchev–Trinajstić information content (AvgIpc) is 3.53. The normalized spacial score (nSPS) is 17.3. The molecular formula is C27H32N2O5. The number of alkyl carbamates (subject to hydrolysis) is 1. The second kappa shape index (κ2) is 9.49. The number of carboxylic acid groups (broad SMARTS) is 1. The lowest BCUT2D eigenvalue weighted by Crippen LogP contribution is -2.48. The molecule has 180 valence electrons. The van der Waals surface area contributed by atoms with Gasteiger partial charge in [0.15, 0.2) is 0 Å². The minimum absolute atomic E-state index is 0.0267. The Bertz CT molecular complexity index is 1050. The predicted octanol–water partition coefficient (Wildman–Crippen LogP) is 4.17. The van der Waals surface area contributed by atoms with Gasteiger partial charge in [0, 0.05) is 18.5 Å². The number of hydrogen-bond donors (Lipinski definition) is 3. The van der Waals surface area contributed by atoms with Crippen molar-refractivity contribution in [1.29, 1.82) is 0 Å². The number of carbonyl (C=O) groups excluding carboxylic acids is 2. The van der Waals surface area contributed by atoms with Gasteiger partial charge < -0.3 is 20.5 Å². The van der Waals surface area contributed by atoms with Crippen LogP contribution in [0.5, 0.6) is 0 Å². The first-order valence-corrected chi connectivity index (χ1v) is 11.9. The average molecular weight is 465 g/mol. The standard InChI is InChI=1S/C27H32N2O5/c1-16(2)23(24(30)31)17(3)29-25(32)27(12-13-27)15-28-26(33)34-14-22-20-10-6-4-8-18(20)19-9-5-7-11-21(19)22/h4-11,16-17,22-23H,12-15H2,1-3H3,(H,28,33)(H,29,32)(H,30,31). The van der Waals surface area contributed by atoms with Gasteiger partial charge in [0.1, 0.15) is 6.61 Å². The third-order valence-electron chi connectivity index (χ3n) is 7.15. The molecule has 2 aliphatic carbocycles. The number of fused-ring (bicyclic) bond motifs is 3. The van der Waals surface area contributed by atoms with Gasteiger partial charge in [0.2, 0.25) is 5.91 Å². The van der Waals surface area contributed by atoms with Crippen molar-refractivity contribution in [3.8, 4) is 11.1 Å². The molecule has 1 saturated carbocycles. The summed E-state index contributed by atoms with van der Waals surface area (Å²) in [5.41, 5.74) is 3.91. The SMILES string of the molecule is CC(C)C(C(=O)O)C(C)NC(=O)C1(CNC(=O)OCC2c3ccccc3-c3ccccc32)CC1. The molecule has 2 aromatic carbocycles. The van der Waals surface area contributed by atoms with E-state index < -0.39 is 29.4 Å². The minimum Gasteiger partial charge on any atom is -0.481 e. The van der Waals surface area contributed by atoms with Crippen molar-refractivity contribution in [2.24, 2.45) is 17.3 Å². The topological polar surface area (TPSA) is 105 Å². The summed E-state index contributed by atoms with van der Waals surface area (Å²) in [6.07, 6.45) is 0.739. The van der Waals surface area contributed by atoms with E-state index in [1.54, 1.807) is 6.92 Å². The summed E-state index contributed by atoms with van der Waals surface area (Å²) in [5, 5.41) is 15.1. The molecule has 7 nitrogen and oxygen atoms in total. The summed E-state index contributed by atoms with van der Waals surface area (Å²) < 4.78 is 5.57. The van der Waals surface area contributed by atoms with Crippen LogP contribution in [-0.2, 0) is 14.3 Å². The molecule has 4 rings (SSSR count). The number of benzene rings is 2. The van der Waals surface area contributed by atoms with Gasteiger partial charge in [-0.3, -0.25) is 9.59 Å². The van der Waals surface area contributed by atoms with Gasteiger partial charge in [-0.15, -0.1) is 0 Å². The molecule has 0 aromatic heterocycles. The zero-order valence-corrected chi connectivity index (χ0v) is 19.8. The molecule has 2 aliphatic rings. The van der Waals surface area contributed by atoms with Crippen LogP contribution in [0.25, 0.3) is 11.1 Å². The highest BCUT2D eigenvalue weighted by Crippen LogP contribution is 2.46. The summed E-state index contributed by atoms with van der Waals surface area (Å²) in [5.74, 6) is -1.95. The summed E-state index contributed by atoms with van der Waals surface area (Å²) >= 11 is 0. The van der Waals surface area contributed by atoms with E-state index in [1.165, 1.54) is 0 Å². The van der Waals surface area contributed by atoms with E-state index in [2.05, 4.69) is 34.9 Å². The zero-order chi connectivity index (χ0) is 24.5. The van der Waals surface area contributed by atoms with Crippen LogP contribution in [0.15, 0.2) is 48.5 Å². The van der Waals surface area contributed by atoms with Gasteiger partial charge in [-0.1, -0.05) is 62.4 Å². The third kappa shape index (κ3) is 4.65. The van der Waals surface area contributed by atoms with Crippen LogP contribution in [-0.4, -0.2) is 42.3 Å². The minimum atomic E-state index is -0.926. The van der Waals surface area contributed by atoms with Crippen molar-refractivity contribution in [3.05, 3.63) is 59.7 Å². The van der Waals surface area contributed by atoms with Gasteiger partial charge in [0.05, 0.1) is 11.3 Å². The number of hydrogen-bond acceptors (Lipinski definition) is 4. The lowest BCUT2D eigenvalue weighted by Gasteiger charge is -2.26. The molecule has 0 bridgehead atoms. The molecule has 0 aliphatic heterocycles. The Balaban J connectivity index is 1.32. The van der Waals surface area contributed by atoms with Gasteiger partial charge in [-0.2, -0.15) is 0 Å². The van der Waals surface area contributed by atoms with E-state index in [9.17, 15) is 19.5 Å². The van der Waals surface area contributed by atoms with Crippen molar-refractivity contribution < 1.29 is 24.2 Å². The summed E-state index contributed by atoms with van der Waals surface area (Å²) in [4.78, 5) is 36.9. The molecule has 2 amide bonds. The van der Waals surface area contributed by atoms with Crippen molar-refractivity contribution in [2.45, 2.75) is 45.6 Å². The maximum Gasteiger partial charge on any atom is 0.407 e. The number of nitrogens with one attached hydrogen (secondary N) is 2. The van der Waals surface area contributed by atoms with Crippen molar-refractivity contribution in [2.75, 3.05) is 13.2 Å². The Morgan fingerprint density at radius 1 is 1.00 bits per heavy atom. The summed E-state index contributed by atoms with van der Waals surface area (Å²) in [6, 6.07) is 15.8.